The fourth-order valence-electron chi connectivity index (χ4n) is 0.530. The maximum atomic E-state index is 13.3. The van der Waals surface area contributed by atoms with Crippen molar-refractivity contribution in [2.45, 2.75) is 46.7 Å². The number of hydrogen-bond acceptors (Lipinski definition) is 0. The van der Waals surface area contributed by atoms with E-state index in [2.05, 4.69) is 0 Å². The topological polar surface area (TPSA) is 0 Å². The highest BCUT2D eigenvalue weighted by atomic mass is 19.1. The summed E-state index contributed by atoms with van der Waals surface area (Å²) in [6.45, 7) is 9.32. The Morgan fingerprint density at radius 2 is 1.44 bits per heavy atom. The molecule has 0 saturated heterocycles. The zero-order valence-electron chi connectivity index (χ0n) is 7.09. The van der Waals surface area contributed by atoms with Crippen molar-refractivity contribution in [1.82, 2.24) is 0 Å². The molecular weight excluding hydrogens is 115 g/mol. The number of alkyl halides is 1. The van der Waals surface area contributed by atoms with Crippen molar-refractivity contribution in [2.75, 3.05) is 0 Å². The molecule has 0 rings (SSSR count). The van der Waals surface area contributed by atoms with Crippen molar-refractivity contribution >= 4 is 0 Å². The zero-order valence-corrected chi connectivity index (χ0v) is 7.09. The minimum Gasteiger partial charge on any atom is -0.244 e. The second-order valence-corrected chi connectivity index (χ2v) is 3.80. The molecule has 0 aromatic heterocycles. The first-order chi connectivity index (χ1) is 3.81. The van der Waals surface area contributed by atoms with Gasteiger partial charge in [-0.25, -0.2) is 4.39 Å². The van der Waals surface area contributed by atoms with Crippen molar-refractivity contribution in [1.29, 1.82) is 0 Å². The molecule has 0 fully saturated rings. The summed E-state index contributed by atoms with van der Waals surface area (Å²) in [5.74, 6) is 0. The summed E-state index contributed by atoms with van der Waals surface area (Å²) < 4.78 is 13.3. The van der Waals surface area contributed by atoms with E-state index in [0.717, 1.165) is 0 Å². The first-order valence-electron chi connectivity index (χ1n) is 3.50. The van der Waals surface area contributed by atoms with Gasteiger partial charge in [0.2, 0.25) is 0 Å². The largest absolute Gasteiger partial charge is 0.244 e. The van der Waals surface area contributed by atoms with E-state index in [1.807, 2.05) is 27.7 Å². The highest BCUT2D eigenvalue weighted by Crippen LogP contribution is 2.35. The van der Waals surface area contributed by atoms with Crippen LogP contribution in [0.15, 0.2) is 0 Å². The Labute approximate surface area is 57.5 Å². The van der Waals surface area contributed by atoms with Crippen molar-refractivity contribution in [3.05, 3.63) is 0 Å². The lowest BCUT2D eigenvalue weighted by Crippen LogP contribution is -2.34. The Kier molecular flexibility index (Phi) is 2.26. The fourth-order valence-corrected chi connectivity index (χ4v) is 0.530. The Balaban J connectivity index is 4.14. The lowest BCUT2D eigenvalue weighted by Gasteiger charge is -2.33. The van der Waals surface area contributed by atoms with Gasteiger partial charge in [0.05, 0.1) is 0 Å². The van der Waals surface area contributed by atoms with E-state index in [1.54, 1.807) is 6.92 Å². The average molecular weight is 132 g/mol. The minimum atomic E-state index is -1.02. The summed E-state index contributed by atoms with van der Waals surface area (Å²) >= 11 is 0. The molecule has 0 radical (unpaired) electrons. The summed E-state index contributed by atoms with van der Waals surface area (Å²) in [6, 6.07) is 0. The number of halogens is 1. The average Bonchev–Trinajstić information content (AvgIpc) is 1.64. The monoisotopic (exact) mass is 132 g/mol. The molecule has 0 amide bonds. The number of hydrogen-bond donors (Lipinski definition) is 0. The Morgan fingerprint density at radius 1 is 1.11 bits per heavy atom. The lowest BCUT2D eigenvalue weighted by atomic mass is 9.78. The van der Waals surface area contributed by atoms with Gasteiger partial charge in [-0.05, 0) is 18.8 Å². The first kappa shape index (κ1) is 8.93. The summed E-state index contributed by atoms with van der Waals surface area (Å²) in [5, 5.41) is 0. The maximum Gasteiger partial charge on any atom is 0.112 e. The normalized spacial score (nSPS) is 19.3. The highest BCUT2D eigenvalue weighted by Gasteiger charge is 2.35. The van der Waals surface area contributed by atoms with Crippen molar-refractivity contribution in [2.24, 2.45) is 5.41 Å². The Morgan fingerprint density at radius 3 is 1.44 bits per heavy atom. The molecule has 0 saturated carbocycles. The van der Waals surface area contributed by atoms with Crippen LogP contribution in [-0.4, -0.2) is 5.67 Å². The van der Waals surface area contributed by atoms with Crippen molar-refractivity contribution in [3.8, 4) is 0 Å². The Bertz CT molecular complexity index is 87.2. The van der Waals surface area contributed by atoms with Gasteiger partial charge in [-0.2, -0.15) is 0 Å². The van der Waals surface area contributed by atoms with Crippen LogP contribution in [0.1, 0.15) is 41.0 Å². The molecule has 0 unspecified atom stereocenters. The zero-order chi connectivity index (χ0) is 7.71. The van der Waals surface area contributed by atoms with Crippen molar-refractivity contribution < 1.29 is 4.39 Å². The second kappa shape index (κ2) is 2.28. The minimum absolute atomic E-state index is 0.220. The molecule has 0 aromatic carbocycles. The lowest BCUT2D eigenvalue weighted by molar-refractivity contribution is 0.0446. The summed E-state index contributed by atoms with van der Waals surface area (Å²) in [4.78, 5) is 0. The molecule has 0 N–H and O–H groups in total. The van der Waals surface area contributed by atoms with Crippen LogP contribution in [0.5, 0.6) is 0 Å². The van der Waals surface area contributed by atoms with Crippen LogP contribution >= 0.6 is 0 Å². The summed E-state index contributed by atoms with van der Waals surface area (Å²) in [6.07, 6.45) is 0.594. The van der Waals surface area contributed by atoms with Crippen LogP contribution in [0.4, 0.5) is 4.39 Å². The van der Waals surface area contributed by atoms with Gasteiger partial charge in [-0.1, -0.05) is 27.7 Å². The molecule has 0 aliphatic rings. The molecule has 56 valence electrons. The maximum absolute atomic E-state index is 13.3. The third-order valence-electron chi connectivity index (χ3n) is 2.23. The quantitative estimate of drug-likeness (QED) is 0.514. The Hall–Kier alpha value is -0.0700. The molecule has 0 heterocycles. The van der Waals surface area contributed by atoms with E-state index in [9.17, 15) is 4.39 Å². The van der Waals surface area contributed by atoms with Crippen LogP contribution in [0.25, 0.3) is 0 Å². The smallest absolute Gasteiger partial charge is 0.112 e. The van der Waals surface area contributed by atoms with Gasteiger partial charge in [0.1, 0.15) is 5.67 Å². The van der Waals surface area contributed by atoms with Gasteiger partial charge < -0.3 is 0 Å². The van der Waals surface area contributed by atoms with Crippen LogP contribution in [0.3, 0.4) is 0 Å². The summed E-state index contributed by atoms with van der Waals surface area (Å²) in [5.41, 5.74) is -1.24. The van der Waals surface area contributed by atoms with Gasteiger partial charge in [0.15, 0.2) is 0 Å². The third kappa shape index (κ3) is 1.96. The third-order valence-corrected chi connectivity index (χ3v) is 2.23. The van der Waals surface area contributed by atoms with Crippen LogP contribution in [0.2, 0.25) is 0 Å². The van der Waals surface area contributed by atoms with E-state index in [1.165, 1.54) is 0 Å². The van der Waals surface area contributed by atoms with Gasteiger partial charge in [0, 0.05) is 0 Å². The molecule has 0 aliphatic heterocycles. The first-order valence-corrected chi connectivity index (χ1v) is 3.50. The molecule has 0 aliphatic carbocycles. The second-order valence-electron chi connectivity index (χ2n) is 3.80. The predicted molar refractivity (Wildman–Crippen MR) is 39.3 cm³/mol. The van der Waals surface area contributed by atoms with Crippen LogP contribution in [0, 0.1) is 5.41 Å². The van der Waals surface area contributed by atoms with E-state index < -0.39 is 5.67 Å². The van der Waals surface area contributed by atoms with E-state index in [-0.39, 0.29) is 5.41 Å². The molecule has 0 spiro atoms. The number of rotatable bonds is 1. The molecule has 0 aromatic rings. The fraction of sp³-hybridized carbons (Fsp3) is 1.00. The predicted octanol–water partition coefficient (Wildman–Crippen LogP) is 3.17. The molecule has 0 bridgehead atoms. The summed E-state index contributed by atoms with van der Waals surface area (Å²) in [7, 11) is 0. The highest BCUT2D eigenvalue weighted by molar-refractivity contribution is 4.84. The van der Waals surface area contributed by atoms with Crippen LogP contribution in [-0.2, 0) is 0 Å². The van der Waals surface area contributed by atoms with E-state index >= 15 is 0 Å². The SMILES string of the molecule is CC[C@@](C)(F)C(C)(C)C. The van der Waals surface area contributed by atoms with Gasteiger partial charge in [-0.3, -0.25) is 0 Å². The standard InChI is InChI=1S/C8H17F/c1-6-8(5,9)7(2,3)4/h6H2,1-5H3/t8-/m1/s1. The molecule has 1 heteroatoms. The van der Waals surface area contributed by atoms with E-state index in [0.29, 0.717) is 6.42 Å². The van der Waals surface area contributed by atoms with Crippen LogP contribution < -0.4 is 0 Å². The van der Waals surface area contributed by atoms with Gasteiger partial charge in [0.25, 0.3) is 0 Å². The van der Waals surface area contributed by atoms with Gasteiger partial charge >= 0.3 is 0 Å². The molecule has 1 atom stereocenters. The molecular formula is C8H17F. The molecule has 9 heavy (non-hydrogen) atoms. The molecule has 0 nitrogen and oxygen atoms in total. The van der Waals surface area contributed by atoms with Gasteiger partial charge in [-0.15, -0.1) is 0 Å². The van der Waals surface area contributed by atoms with E-state index in [4.69, 9.17) is 0 Å². The van der Waals surface area contributed by atoms with Crippen molar-refractivity contribution in [3.63, 3.8) is 0 Å².